The molecule has 1 unspecified atom stereocenters. The Balaban J connectivity index is 2.50. The van der Waals surface area contributed by atoms with E-state index in [-0.39, 0.29) is 11.9 Å². The summed E-state index contributed by atoms with van der Waals surface area (Å²) >= 11 is 0. The van der Waals surface area contributed by atoms with E-state index in [2.05, 4.69) is 10.3 Å². The monoisotopic (exact) mass is 170 g/mol. The minimum absolute atomic E-state index is 0.0848. The van der Waals surface area contributed by atoms with E-state index in [4.69, 9.17) is 5.73 Å². The summed E-state index contributed by atoms with van der Waals surface area (Å²) in [5, 5.41) is 2.85. The first-order valence-electron chi connectivity index (χ1n) is 3.89. The predicted molar refractivity (Wildman–Crippen MR) is 46.7 cm³/mol. The number of nitrogens with one attached hydrogen (secondary N) is 1. The highest BCUT2D eigenvalue weighted by atomic mass is 16.2. The molecule has 1 aliphatic heterocycles. The van der Waals surface area contributed by atoms with E-state index >= 15 is 0 Å². The van der Waals surface area contributed by atoms with E-state index in [1.807, 2.05) is 0 Å². The standard InChI is InChI=1S/C7H14N4O/c1-9-7(8)10-5-3-4-11(2)6(5)12/h5H,3-4H2,1-2H3,(H3,8,9,10). The predicted octanol–water partition coefficient (Wildman–Crippen LogP) is -1.25. The van der Waals surface area contributed by atoms with Gasteiger partial charge in [0, 0.05) is 20.6 Å². The SMILES string of the molecule is CN=C(N)NC1CCN(C)C1=O. The number of carbonyl (C=O) groups is 1. The Bertz CT molecular complexity index is 213. The first-order chi connectivity index (χ1) is 5.65. The van der Waals surface area contributed by atoms with Gasteiger partial charge < -0.3 is 16.0 Å². The second kappa shape index (κ2) is 3.42. The highest BCUT2D eigenvalue weighted by Gasteiger charge is 2.28. The molecule has 0 bridgehead atoms. The van der Waals surface area contributed by atoms with Gasteiger partial charge in [0.15, 0.2) is 5.96 Å². The second-order valence-corrected chi connectivity index (χ2v) is 2.85. The van der Waals surface area contributed by atoms with Gasteiger partial charge in [-0.05, 0) is 6.42 Å². The van der Waals surface area contributed by atoms with Crippen LogP contribution in [-0.2, 0) is 4.79 Å². The third-order valence-electron chi connectivity index (χ3n) is 1.99. The van der Waals surface area contributed by atoms with Crippen molar-refractivity contribution in [1.29, 1.82) is 0 Å². The van der Waals surface area contributed by atoms with Gasteiger partial charge in [0.05, 0.1) is 0 Å². The Labute approximate surface area is 71.6 Å². The van der Waals surface area contributed by atoms with Crippen LogP contribution in [0.2, 0.25) is 0 Å². The van der Waals surface area contributed by atoms with Crippen molar-refractivity contribution >= 4 is 11.9 Å². The lowest BCUT2D eigenvalue weighted by atomic mass is 10.2. The van der Waals surface area contributed by atoms with Crippen LogP contribution in [0.5, 0.6) is 0 Å². The van der Waals surface area contributed by atoms with E-state index in [1.54, 1.807) is 19.0 Å². The number of guanidine groups is 1. The number of nitrogens with two attached hydrogens (primary N) is 1. The maximum atomic E-state index is 11.3. The van der Waals surface area contributed by atoms with Gasteiger partial charge in [-0.3, -0.25) is 9.79 Å². The molecule has 5 nitrogen and oxygen atoms in total. The Morgan fingerprint density at radius 1 is 1.83 bits per heavy atom. The molecule has 1 fully saturated rings. The number of rotatable bonds is 1. The topological polar surface area (TPSA) is 70.7 Å². The first-order valence-corrected chi connectivity index (χ1v) is 3.89. The summed E-state index contributed by atoms with van der Waals surface area (Å²) in [6.45, 7) is 0.785. The molecule has 0 radical (unpaired) electrons. The Kier molecular flexibility index (Phi) is 2.52. The third kappa shape index (κ3) is 1.66. The number of hydrogen-bond acceptors (Lipinski definition) is 2. The van der Waals surface area contributed by atoms with Gasteiger partial charge in [0.25, 0.3) is 0 Å². The summed E-state index contributed by atoms with van der Waals surface area (Å²) in [5.41, 5.74) is 5.43. The fraction of sp³-hybridized carbons (Fsp3) is 0.714. The van der Waals surface area contributed by atoms with Crippen molar-refractivity contribution in [3.05, 3.63) is 0 Å². The van der Waals surface area contributed by atoms with E-state index < -0.39 is 0 Å². The Morgan fingerprint density at radius 3 is 2.92 bits per heavy atom. The molecule has 0 aromatic rings. The van der Waals surface area contributed by atoms with Crippen molar-refractivity contribution < 1.29 is 4.79 Å². The van der Waals surface area contributed by atoms with Crippen LogP contribution >= 0.6 is 0 Å². The van der Waals surface area contributed by atoms with Gasteiger partial charge in [0.1, 0.15) is 6.04 Å². The summed E-state index contributed by atoms with van der Waals surface area (Å²) in [4.78, 5) is 16.7. The van der Waals surface area contributed by atoms with Crippen molar-refractivity contribution in [1.82, 2.24) is 10.2 Å². The molecular formula is C7H14N4O. The van der Waals surface area contributed by atoms with Crippen LogP contribution in [0.15, 0.2) is 4.99 Å². The number of aliphatic imine (C=N–C) groups is 1. The van der Waals surface area contributed by atoms with E-state index in [0.717, 1.165) is 13.0 Å². The molecule has 0 aromatic heterocycles. The Hall–Kier alpha value is -1.26. The lowest BCUT2D eigenvalue weighted by Gasteiger charge is -2.11. The number of likely N-dealkylation sites (tertiary alicyclic amines) is 1. The highest BCUT2D eigenvalue weighted by molar-refractivity contribution is 5.89. The van der Waals surface area contributed by atoms with Crippen LogP contribution in [0, 0.1) is 0 Å². The fourth-order valence-electron chi connectivity index (χ4n) is 1.20. The van der Waals surface area contributed by atoms with Gasteiger partial charge in [-0.25, -0.2) is 0 Å². The number of nitrogens with zero attached hydrogens (tertiary/aromatic N) is 2. The smallest absolute Gasteiger partial charge is 0.244 e. The largest absolute Gasteiger partial charge is 0.370 e. The molecule has 1 aliphatic rings. The van der Waals surface area contributed by atoms with Gasteiger partial charge in [-0.15, -0.1) is 0 Å². The van der Waals surface area contributed by atoms with Crippen LogP contribution in [0.1, 0.15) is 6.42 Å². The molecule has 1 saturated heterocycles. The lowest BCUT2D eigenvalue weighted by molar-refractivity contribution is -0.127. The molecule has 68 valence electrons. The zero-order valence-corrected chi connectivity index (χ0v) is 7.37. The molecule has 0 spiro atoms. The maximum absolute atomic E-state index is 11.3. The van der Waals surface area contributed by atoms with Gasteiger partial charge in [-0.1, -0.05) is 0 Å². The van der Waals surface area contributed by atoms with Crippen LogP contribution in [0.25, 0.3) is 0 Å². The second-order valence-electron chi connectivity index (χ2n) is 2.85. The average molecular weight is 170 g/mol. The summed E-state index contributed by atoms with van der Waals surface area (Å²) in [6, 6.07) is -0.182. The van der Waals surface area contributed by atoms with Crippen molar-refractivity contribution in [2.24, 2.45) is 10.7 Å². The van der Waals surface area contributed by atoms with E-state index in [1.165, 1.54) is 0 Å². The number of likely N-dealkylation sites (N-methyl/N-ethyl adjacent to an activating group) is 1. The summed E-state index contributed by atoms with van der Waals surface area (Å²) in [7, 11) is 3.37. The van der Waals surface area contributed by atoms with Crippen molar-refractivity contribution in [3.8, 4) is 0 Å². The minimum Gasteiger partial charge on any atom is -0.370 e. The van der Waals surface area contributed by atoms with Crippen molar-refractivity contribution in [3.63, 3.8) is 0 Å². The van der Waals surface area contributed by atoms with E-state index in [0.29, 0.717) is 5.96 Å². The third-order valence-corrected chi connectivity index (χ3v) is 1.99. The molecule has 1 amide bonds. The number of hydrogen-bond donors (Lipinski definition) is 2. The van der Waals surface area contributed by atoms with Crippen LogP contribution < -0.4 is 11.1 Å². The number of amides is 1. The normalized spacial score (nSPS) is 24.8. The molecule has 1 rings (SSSR count). The molecule has 0 saturated carbocycles. The Morgan fingerprint density at radius 2 is 2.50 bits per heavy atom. The first kappa shape index (κ1) is 8.83. The molecule has 0 aliphatic carbocycles. The summed E-state index contributed by atoms with van der Waals surface area (Å²) < 4.78 is 0. The maximum Gasteiger partial charge on any atom is 0.244 e. The zero-order chi connectivity index (χ0) is 9.14. The van der Waals surface area contributed by atoms with Crippen molar-refractivity contribution in [2.45, 2.75) is 12.5 Å². The van der Waals surface area contributed by atoms with Crippen LogP contribution in [0.3, 0.4) is 0 Å². The van der Waals surface area contributed by atoms with E-state index in [9.17, 15) is 4.79 Å². The molecule has 3 N–H and O–H groups in total. The molecule has 12 heavy (non-hydrogen) atoms. The molecule has 5 heteroatoms. The number of carbonyl (C=O) groups excluding carboxylic acids is 1. The fourth-order valence-corrected chi connectivity index (χ4v) is 1.20. The van der Waals surface area contributed by atoms with Crippen LogP contribution in [-0.4, -0.2) is 43.4 Å². The molecular weight excluding hydrogens is 156 g/mol. The molecule has 0 aromatic carbocycles. The summed E-state index contributed by atoms with van der Waals surface area (Å²) in [5.74, 6) is 0.408. The summed E-state index contributed by atoms with van der Waals surface area (Å²) in [6.07, 6.45) is 0.797. The zero-order valence-electron chi connectivity index (χ0n) is 7.37. The molecule has 1 atom stereocenters. The van der Waals surface area contributed by atoms with Crippen molar-refractivity contribution in [2.75, 3.05) is 20.6 Å². The average Bonchev–Trinajstić information content (AvgIpc) is 2.36. The highest BCUT2D eigenvalue weighted by Crippen LogP contribution is 2.07. The minimum atomic E-state index is -0.182. The van der Waals surface area contributed by atoms with Gasteiger partial charge >= 0.3 is 0 Å². The van der Waals surface area contributed by atoms with Gasteiger partial charge in [-0.2, -0.15) is 0 Å². The van der Waals surface area contributed by atoms with Crippen LogP contribution in [0.4, 0.5) is 0 Å². The lowest BCUT2D eigenvalue weighted by Crippen LogP contribution is -2.44. The molecule has 1 heterocycles. The quantitative estimate of drug-likeness (QED) is 0.381. The van der Waals surface area contributed by atoms with Gasteiger partial charge in [0.2, 0.25) is 5.91 Å².